The second kappa shape index (κ2) is 7.36. The SMILES string of the molecule is Cc1nn(CCCNC(=O)Cn2nc(C)c(Cl)c2C)c(C)c1Cl. The number of amides is 1. The summed E-state index contributed by atoms with van der Waals surface area (Å²) in [7, 11) is 0. The summed E-state index contributed by atoms with van der Waals surface area (Å²) in [5.74, 6) is -0.0846. The van der Waals surface area contributed by atoms with Crippen LogP contribution in [0.3, 0.4) is 0 Å². The zero-order chi connectivity index (χ0) is 17.1. The van der Waals surface area contributed by atoms with Crippen LogP contribution >= 0.6 is 23.2 Å². The van der Waals surface area contributed by atoms with Crippen LogP contribution in [0.2, 0.25) is 10.0 Å². The van der Waals surface area contributed by atoms with E-state index in [1.165, 1.54) is 0 Å². The Kier molecular flexibility index (Phi) is 5.70. The first-order valence-electron chi connectivity index (χ1n) is 7.47. The molecule has 2 aromatic rings. The molecule has 2 rings (SSSR count). The third kappa shape index (κ3) is 4.06. The van der Waals surface area contributed by atoms with E-state index >= 15 is 0 Å². The zero-order valence-electron chi connectivity index (χ0n) is 13.8. The van der Waals surface area contributed by atoms with Gasteiger partial charge in [-0.15, -0.1) is 0 Å². The normalized spacial score (nSPS) is 11.0. The summed E-state index contributed by atoms with van der Waals surface area (Å²) < 4.78 is 3.48. The Balaban J connectivity index is 1.79. The smallest absolute Gasteiger partial charge is 0.241 e. The van der Waals surface area contributed by atoms with E-state index in [1.54, 1.807) is 4.68 Å². The molecule has 126 valence electrons. The van der Waals surface area contributed by atoms with Gasteiger partial charge in [-0.05, 0) is 34.1 Å². The molecule has 0 saturated heterocycles. The van der Waals surface area contributed by atoms with Gasteiger partial charge in [-0.3, -0.25) is 14.2 Å². The largest absolute Gasteiger partial charge is 0.354 e. The second-order valence-electron chi connectivity index (χ2n) is 5.55. The highest BCUT2D eigenvalue weighted by atomic mass is 35.5. The van der Waals surface area contributed by atoms with Crippen molar-refractivity contribution in [2.45, 2.75) is 47.2 Å². The molecule has 0 aliphatic rings. The minimum Gasteiger partial charge on any atom is -0.354 e. The van der Waals surface area contributed by atoms with Crippen LogP contribution in [-0.2, 0) is 17.9 Å². The lowest BCUT2D eigenvalue weighted by molar-refractivity contribution is -0.121. The molecule has 23 heavy (non-hydrogen) atoms. The molecule has 1 N–H and O–H groups in total. The summed E-state index contributed by atoms with van der Waals surface area (Å²) in [4.78, 5) is 12.0. The fourth-order valence-electron chi connectivity index (χ4n) is 2.37. The van der Waals surface area contributed by atoms with Crippen molar-refractivity contribution in [1.82, 2.24) is 24.9 Å². The number of carbonyl (C=O) groups excluding carboxylic acids is 1. The van der Waals surface area contributed by atoms with Gasteiger partial charge in [0.25, 0.3) is 0 Å². The Labute approximate surface area is 145 Å². The predicted molar refractivity (Wildman–Crippen MR) is 91.0 cm³/mol. The average Bonchev–Trinajstić information content (AvgIpc) is 2.89. The van der Waals surface area contributed by atoms with E-state index in [0.29, 0.717) is 23.1 Å². The van der Waals surface area contributed by atoms with Crippen LogP contribution in [0.5, 0.6) is 0 Å². The lowest BCUT2D eigenvalue weighted by Crippen LogP contribution is -2.29. The van der Waals surface area contributed by atoms with Crippen molar-refractivity contribution in [1.29, 1.82) is 0 Å². The third-order valence-corrected chi connectivity index (χ3v) is 4.84. The number of hydrogen-bond acceptors (Lipinski definition) is 3. The maximum Gasteiger partial charge on any atom is 0.241 e. The summed E-state index contributed by atoms with van der Waals surface area (Å²) in [6, 6.07) is 0. The minimum atomic E-state index is -0.0846. The summed E-state index contributed by atoms with van der Waals surface area (Å²) in [5, 5.41) is 12.8. The summed E-state index contributed by atoms with van der Waals surface area (Å²) >= 11 is 12.2. The zero-order valence-corrected chi connectivity index (χ0v) is 15.3. The van der Waals surface area contributed by atoms with Gasteiger partial charge < -0.3 is 5.32 Å². The number of aromatic nitrogens is 4. The molecule has 0 unspecified atom stereocenters. The van der Waals surface area contributed by atoms with Crippen molar-refractivity contribution in [3.05, 3.63) is 32.8 Å². The molecular weight excluding hydrogens is 337 g/mol. The van der Waals surface area contributed by atoms with E-state index in [2.05, 4.69) is 15.5 Å². The van der Waals surface area contributed by atoms with Crippen molar-refractivity contribution in [2.24, 2.45) is 0 Å². The van der Waals surface area contributed by atoms with Crippen LogP contribution in [0.15, 0.2) is 0 Å². The van der Waals surface area contributed by atoms with Crippen molar-refractivity contribution in [2.75, 3.05) is 6.54 Å². The molecule has 1 amide bonds. The van der Waals surface area contributed by atoms with Gasteiger partial charge in [-0.2, -0.15) is 10.2 Å². The summed E-state index contributed by atoms with van der Waals surface area (Å²) in [6.45, 7) is 8.95. The van der Waals surface area contributed by atoms with Crippen LogP contribution in [0.25, 0.3) is 0 Å². The monoisotopic (exact) mass is 357 g/mol. The number of carbonyl (C=O) groups is 1. The number of halogens is 2. The summed E-state index contributed by atoms with van der Waals surface area (Å²) in [6.07, 6.45) is 0.780. The van der Waals surface area contributed by atoms with Crippen molar-refractivity contribution in [3.8, 4) is 0 Å². The van der Waals surface area contributed by atoms with Gasteiger partial charge in [0.15, 0.2) is 0 Å². The molecule has 0 fully saturated rings. The number of nitrogens with one attached hydrogen (secondary N) is 1. The van der Waals surface area contributed by atoms with Gasteiger partial charge in [0.1, 0.15) is 6.54 Å². The van der Waals surface area contributed by atoms with Gasteiger partial charge in [0.05, 0.1) is 32.8 Å². The minimum absolute atomic E-state index is 0.0846. The van der Waals surface area contributed by atoms with E-state index in [0.717, 1.165) is 29.2 Å². The molecule has 6 nitrogen and oxygen atoms in total. The number of hydrogen-bond donors (Lipinski definition) is 1. The van der Waals surface area contributed by atoms with Gasteiger partial charge >= 0.3 is 0 Å². The molecule has 0 bridgehead atoms. The molecule has 2 aromatic heterocycles. The Morgan fingerprint density at radius 3 is 2.00 bits per heavy atom. The first kappa shape index (κ1) is 17.8. The highest BCUT2D eigenvalue weighted by molar-refractivity contribution is 6.32. The standard InChI is InChI=1S/C15H21Cl2N5O/c1-9-14(16)11(3)21(19-9)7-5-6-18-13(23)8-22-12(4)15(17)10(2)20-22/h5-8H2,1-4H3,(H,18,23). The van der Waals surface area contributed by atoms with E-state index in [1.807, 2.05) is 32.4 Å². The van der Waals surface area contributed by atoms with E-state index in [-0.39, 0.29) is 12.5 Å². The van der Waals surface area contributed by atoms with E-state index in [9.17, 15) is 4.79 Å². The van der Waals surface area contributed by atoms with Crippen LogP contribution < -0.4 is 5.32 Å². The maximum absolute atomic E-state index is 12.0. The highest BCUT2D eigenvalue weighted by Crippen LogP contribution is 2.19. The summed E-state index contributed by atoms with van der Waals surface area (Å²) in [5.41, 5.74) is 3.32. The maximum atomic E-state index is 12.0. The molecule has 0 aromatic carbocycles. The molecule has 0 spiro atoms. The Morgan fingerprint density at radius 1 is 1.00 bits per heavy atom. The van der Waals surface area contributed by atoms with Crippen molar-refractivity contribution in [3.63, 3.8) is 0 Å². The lowest BCUT2D eigenvalue weighted by atomic mass is 10.3. The predicted octanol–water partition coefficient (Wildman–Crippen LogP) is 2.83. The average molecular weight is 358 g/mol. The Hall–Kier alpha value is -1.53. The van der Waals surface area contributed by atoms with Crippen LogP contribution in [0, 0.1) is 27.7 Å². The molecule has 0 saturated carbocycles. The van der Waals surface area contributed by atoms with Crippen molar-refractivity contribution < 1.29 is 4.79 Å². The van der Waals surface area contributed by atoms with Gasteiger partial charge in [-0.1, -0.05) is 23.2 Å². The number of aryl methyl sites for hydroxylation is 3. The molecular formula is C15H21Cl2N5O. The fraction of sp³-hybridized carbons (Fsp3) is 0.533. The second-order valence-corrected chi connectivity index (χ2v) is 6.31. The lowest BCUT2D eigenvalue weighted by Gasteiger charge is -2.08. The van der Waals surface area contributed by atoms with Gasteiger partial charge in [-0.25, -0.2) is 0 Å². The van der Waals surface area contributed by atoms with Crippen LogP contribution in [0.4, 0.5) is 0 Å². The quantitative estimate of drug-likeness (QED) is 0.808. The van der Waals surface area contributed by atoms with E-state index < -0.39 is 0 Å². The van der Waals surface area contributed by atoms with Crippen molar-refractivity contribution >= 4 is 29.1 Å². The highest BCUT2D eigenvalue weighted by Gasteiger charge is 2.12. The van der Waals surface area contributed by atoms with Gasteiger partial charge in [0.2, 0.25) is 5.91 Å². The first-order chi connectivity index (χ1) is 10.8. The molecule has 8 heteroatoms. The Bertz CT molecular complexity index is 720. The topological polar surface area (TPSA) is 64.7 Å². The third-order valence-electron chi connectivity index (χ3n) is 3.75. The van der Waals surface area contributed by atoms with Crippen LogP contribution in [0.1, 0.15) is 29.2 Å². The number of rotatable bonds is 6. The fourth-order valence-corrected chi connectivity index (χ4v) is 2.64. The van der Waals surface area contributed by atoms with Crippen LogP contribution in [-0.4, -0.2) is 32.0 Å². The molecule has 0 atom stereocenters. The van der Waals surface area contributed by atoms with Gasteiger partial charge in [0, 0.05) is 13.1 Å². The molecule has 0 aliphatic carbocycles. The molecule has 0 radical (unpaired) electrons. The molecule has 2 heterocycles. The number of nitrogens with zero attached hydrogens (tertiary/aromatic N) is 4. The van der Waals surface area contributed by atoms with E-state index in [4.69, 9.17) is 23.2 Å². The first-order valence-corrected chi connectivity index (χ1v) is 8.22. The molecule has 0 aliphatic heterocycles. The Morgan fingerprint density at radius 2 is 1.52 bits per heavy atom.